The molecule has 4 rings (SSSR count). The lowest BCUT2D eigenvalue weighted by molar-refractivity contribution is 0.290. The second-order valence-electron chi connectivity index (χ2n) is 6.70. The first-order chi connectivity index (χ1) is 15.4. The summed E-state index contributed by atoms with van der Waals surface area (Å²) in [5.74, 6) is 4.51. The maximum Gasteiger partial charge on any atom is 0.225 e. The summed E-state index contributed by atoms with van der Waals surface area (Å²) in [6.45, 7) is 1.17. The molecule has 0 saturated heterocycles. The van der Waals surface area contributed by atoms with Crippen molar-refractivity contribution in [1.29, 1.82) is 0 Å². The fourth-order valence-corrected chi connectivity index (χ4v) is 3.60. The molecule has 1 aromatic carbocycles. The van der Waals surface area contributed by atoms with Crippen LogP contribution in [0.1, 0.15) is 22.7 Å². The number of anilines is 1. The summed E-state index contributed by atoms with van der Waals surface area (Å²) in [4.78, 5) is 17.7. The fraction of sp³-hybridized carbons (Fsp3) is 0.217. The number of hydrogen-bond acceptors (Lipinski definition) is 8. The third kappa shape index (κ3) is 6.55. The van der Waals surface area contributed by atoms with Crippen LogP contribution < -0.4 is 10.1 Å². The van der Waals surface area contributed by atoms with Crippen LogP contribution in [0.4, 0.5) is 5.95 Å². The molecule has 158 valence electrons. The molecule has 0 fully saturated rings. The molecule has 3 heterocycles. The molecule has 3 aromatic heterocycles. The first-order valence-corrected chi connectivity index (χ1v) is 11.1. The van der Waals surface area contributed by atoms with Crippen molar-refractivity contribution in [3.8, 4) is 5.88 Å². The van der Waals surface area contributed by atoms with E-state index >= 15 is 0 Å². The minimum Gasteiger partial charge on any atom is -0.472 e. The van der Waals surface area contributed by atoms with E-state index in [0.29, 0.717) is 30.7 Å². The van der Waals surface area contributed by atoms with E-state index in [4.69, 9.17) is 9.15 Å². The van der Waals surface area contributed by atoms with Crippen LogP contribution in [0.25, 0.3) is 0 Å². The largest absolute Gasteiger partial charge is 0.472 e. The van der Waals surface area contributed by atoms with Crippen LogP contribution in [-0.4, -0.2) is 32.2 Å². The zero-order valence-electron chi connectivity index (χ0n) is 17.0. The minimum atomic E-state index is 0.430. The second-order valence-corrected chi connectivity index (χ2v) is 7.80. The van der Waals surface area contributed by atoms with Crippen LogP contribution in [0.2, 0.25) is 0 Å². The highest BCUT2D eigenvalue weighted by Gasteiger charge is 2.11. The summed E-state index contributed by atoms with van der Waals surface area (Å²) in [5.41, 5.74) is 1.92. The summed E-state index contributed by atoms with van der Waals surface area (Å²) >= 11 is 1.79. The van der Waals surface area contributed by atoms with Crippen LogP contribution in [0.5, 0.6) is 5.88 Å². The Bertz CT molecular complexity index is 1050. The Morgan fingerprint density at radius 2 is 1.84 bits per heavy atom. The van der Waals surface area contributed by atoms with Crippen LogP contribution in [0.3, 0.4) is 0 Å². The van der Waals surface area contributed by atoms with Gasteiger partial charge >= 0.3 is 0 Å². The molecule has 31 heavy (non-hydrogen) atoms. The number of rotatable bonds is 11. The molecule has 0 radical (unpaired) electrons. The molecule has 0 unspecified atom stereocenters. The topological polar surface area (TPSA) is 86.0 Å². The minimum absolute atomic E-state index is 0.430. The van der Waals surface area contributed by atoms with E-state index < -0.39 is 0 Å². The van der Waals surface area contributed by atoms with Gasteiger partial charge in [0, 0.05) is 42.9 Å². The maximum absolute atomic E-state index is 6.05. The number of benzene rings is 1. The van der Waals surface area contributed by atoms with E-state index in [-0.39, 0.29) is 0 Å². The number of nitrogens with zero attached hydrogens (tertiary/aromatic N) is 4. The average molecular weight is 434 g/mol. The molecule has 0 aliphatic heterocycles. The van der Waals surface area contributed by atoms with Crippen LogP contribution in [-0.2, 0) is 18.8 Å². The Labute approximate surface area is 185 Å². The number of hydrogen-bond donors (Lipinski definition) is 1. The van der Waals surface area contributed by atoms with Crippen molar-refractivity contribution in [2.24, 2.45) is 0 Å². The van der Waals surface area contributed by atoms with Crippen molar-refractivity contribution in [2.75, 3.05) is 17.6 Å². The standard InChI is InChI=1S/C23H23N5O2S/c1-2-6-18(7-3-1)16-30-22-19(14-21-24-9-5-10-25-21)15-27-23(28-22)26-11-13-31-17-20-8-4-12-29-20/h1-10,12,15H,11,13-14,16-17H2,(H,26,27,28). The van der Waals surface area contributed by atoms with E-state index in [1.807, 2.05) is 42.5 Å². The van der Waals surface area contributed by atoms with E-state index in [1.165, 1.54) is 0 Å². The average Bonchev–Trinajstić information content (AvgIpc) is 3.34. The Morgan fingerprint density at radius 1 is 0.968 bits per heavy atom. The van der Waals surface area contributed by atoms with Gasteiger partial charge in [0.05, 0.1) is 12.0 Å². The molecule has 0 bridgehead atoms. The van der Waals surface area contributed by atoms with E-state index in [0.717, 1.165) is 34.9 Å². The van der Waals surface area contributed by atoms with Gasteiger partial charge in [-0.15, -0.1) is 0 Å². The predicted molar refractivity (Wildman–Crippen MR) is 121 cm³/mol. The molecular formula is C23H23N5O2S. The smallest absolute Gasteiger partial charge is 0.225 e. The van der Waals surface area contributed by atoms with Gasteiger partial charge in [-0.1, -0.05) is 30.3 Å². The highest BCUT2D eigenvalue weighted by molar-refractivity contribution is 7.98. The molecule has 0 aliphatic carbocycles. The first-order valence-electron chi connectivity index (χ1n) is 9.99. The summed E-state index contributed by atoms with van der Waals surface area (Å²) in [6, 6.07) is 15.7. The van der Waals surface area contributed by atoms with Crippen molar-refractivity contribution in [3.63, 3.8) is 0 Å². The van der Waals surface area contributed by atoms with Crippen LogP contribution in [0.15, 0.2) is 77.8 Å². The highest BCUT2D eigenvalue weighted by Crippen LogP contribution is 2.21. The molecule has 4 aromatic rings. The molecule has 0 amide bonds. The molecule has 1 N–H and O–H groups in total. The Morgan fingerprint density at radius 3 is 2.65 bits per heavy atom. The molecule has 0 aliphatic rings. The van der Waals surface area contributed by atoms with E-state index in [9.17, 15) is 0 Å². The number of nitrogens with one attached hydrogen (secondary N) is 1. The van der Waals surface area contributed by atoms with Gasteiger partial charge in [0.25, 0.3) is 0 Å². The fourth-order valence-electron chi connectivity index (χ4n) is 2.84. The molecular weight excluding hydrogens is 410 g/mol. The number of aromatic nitrogens is 4. The lowest BCUT2D eigenvalue weighted by Crippen LogP contribution is -2.10. The van der Waals surface area contributed by atoms with Gasteiger partial charge in [-0.2, -0.15) is 16.7 Å². The normalized spacial score (nSPS) is 10.7. The van der Waals surface area contributed by atoms with Gasteiger partial charge in [-0.05, 0) is 23.8 Å². The van der Waals surface area contributed by atoms with Gasteiger partial charge in [0.1, 0.15) is 18.2 Å². The SMILES string of the molecule is c1ccc(COc2nc(NCCSCc3ccco3)ncc2Cc2ncccn2)cc1. The third-order valence-corrected chi connectivity index (χ3v) is 5.35. The van der Waals surface area contributed by atoms with E-state index in [2.05, 4.69) is 25.3 Å². The number of thioether (sulfide) groups is 1. The van der Waals surface area contributed by atoms with Gasteiger partial charge < -0.3 is 14.5 Å². The van der Waals surface area contributed by atoms with Gasteiger partial charge in [-0.3, -0.25) is 0 Å². The number of ether oxygens (including phenoxy) is 1. The first kappa shape index (κ1) is 20.9. The zero-order chi connectivity index (χ0) is 21.1. The molecule has 0 atom stereocenters. The molecule has 7 nitrogen and oxygen atoms in total. The highest BCUT2D eigenvalue weighted by atomic mass is 32.2. The zero-order valence-corrected chi connectivity index (χ0v) is 17.8. The Kier molecular flexibility index (Phi) is 7.49. The Hall–Kier alpha value is -3.39. The summed E-state index contributed by atoms with van der Waals surface area (Å²) < 4.78 is 11.4. The summed E-state index contributed by atoms with van der Waals surface area (Å²) in [7, 11) is 0. The van der Waals surface area contributed by atoms with Gasteiger partial charge in [0.15, 0.2) is 0 Å². The van der Waals surface area contributed by atoms with Crippen molar-refractivity contribution in [1.82, 2.24) is 19.9 Å². The predicted octanol–water partition coefficient (Wildman–Crippen LogP) is 4.37. The summed E-state index contributed by atoms with van der Waals surface area (Å²) in [6.07, 6.45) is 7.43. The Balaban J connectivity index is 1.38. The molecule has 0 spiro atoms. The monoisotopic (exact) mass is 433 g/mol. The van der Waals surface area contributed by atoms with Crippen molar-refractivity contribution in [2.45, 2.75) is 18.8 Å². The van der Waals surface area contributed by atoms with Gasteiger partial charge in [0.2, 0.25) is 11.8 Å². The maximum atomic E-state index is 6.05. The van der Waals surface area contributed by atoms with Crippen molar-refractivity contribution >= 4 is 17.7 Å². The second kappa shape index (κ2) is 11.1. The van der Waals surface area contributed by atoms with Crippen LogP contribution >= 0.6 is 11.8 Å². The van der Waals surface area contributed by atoms with E-state index in [1.54, 1.807) is 42.7 Å². The van der Waals surface area contributed by atoms with Crippen molar-refractivity contribution in [3.05, 3.63) is 96.1 Å². The lowest BCUT2D eigenvalue weighted by Gasteiger charge is -2.12. The van der Waals surface area contributed by atoms with Gasteiger partial charge in [-0.25, -0.2) is 15.0 Å². The molecule has 0 saturated carbocycles. The molecule has 8 heteroatoms. The lowest BCUT2D eigenvalue weighted by atomic mass is 10.2. The van der Waals surface area contributed by atoms with Crippen molar-refractivity contribution < 1.29 is 9.15 Å². The summed E-state index contributed by atoms with van der Waals surface area (Å²) in [5, 5.41) is 3.27. The van der Waals surface area contributed by atoms with Crippen LogP contribution in [0, 0.1) is 0 Å². The quantitative estimate of drug-likeness (QED) is 0.349. The number of furan rings is 1. The third-order valence-electron chi connectivity index (χ3n) is 4.36.